The molecule has 0 amide bonds. The first-order chi connectivity index (χ1) is 9.90. The molecule has 2 rings (SSSR count). The number of Topliss-reactive ketones (excluding diaryl/α,β-unsaturated/α-hetero) is 2. The topological polar surface area (TPSA) is 60.4 Å². The van der Waals surface area contributed by atoms with Gasteiger partial charge in [0.15, 0.2) is 0 Å². The Bertz CT molecular complexity index is 429. The third-order valence-electron chi connectivity index (χ3n) is 5.25. The monoisotopic (exact) mass is 294 g/mol. The Kier molecular flexibility index (Phi) is 5.17. The molecule has 2 saturated carbocycles. The van der Waals surface area contributed by atoms with Crippen LogP contribution in [0.5, 0.6) is 0 Å². The molecular formula is C17H26O4. The summed E-state index contributed by atoms with van der Waals surface area (Å²) in [7, 11) is 0. The molecule has 0 aromatic heterocycles. The van der Waals surface area contributed by atoms with Crippen LogP contribution in [0.3, 0.4) is 0 Å². The summed E-state index contributed by atoms with van der Waals surface area (Å²) in [6, 6.07) is 0. The average Bonchev–Trinajstić information content (AvgIpc) is 2.40. The first kappa shape index (κ1) is 16.2. The summed E-state index contributed by atoms with van der Waals surface area (Å²) in [5, 5.41) is 0. The van der Waals surface area contributed by atoms with Crippen LogP contribution in [-0.2, 0) is 19.1 Å². The number of esters is 1. The Morgan fingerprint density at radius 1 is 1.14 bits per heavy atom. The molecule has 0 heterocycles. The van der Waals surface area contributed by atoms with Crippen molar-refractivity contribution >= 4 is 17.5 Å². The Labute approximate surface area is 126 Å². The molecule has 118 valence electrons. The highest BCUT2D eigenvalue weighted by molar-refractivity contribution is 5.83. The van der Waals surface area contributed by atoms with Gasteiger partial charge in [0.25, 0.3) is 0 Å². The van der Waals surface area contributed by atoms with Crippen LogP contribution < -0.4 is 0 Å². The van der Waals surface area contributed by atoms with Crippen molar-refractivity contribution in [3.8, 4) is 0 Å². The van der Waals surface area contributed by atoms with Crippen LogP contribution in [-0.4, -0.2) is 23.6 Å². The first-order valence-corrected chi connectivity index (χ1v) is 8.09. The molecule has 0 radical (unpaired) electrons. The lowest BCUT2D eigenvalue weighted by atomic mass is 9.60. The quantitative estimate of drug-likeness (QED) is 0.748. The second kappa shape index (κ2) is 6.71. The van der Waals surface area contributed by atoms with Crippen molar-refractivity contribution in [3.05, 3.63) is 0 Å². The molecule has 0 bridgehead atoms. The van der Waals surface area contributed by atoms with E-state index in [-0.39, 0.29) is 35.6 Å². The number of hydrogen-bond donors (Lipinski definition) is 0. The normalized spacial score (nSPS) is 36.0. The molecule has 0 spiro atoms. The number of carbonyl (C=O) groups is 3. The summed E-state index contributed by atoms with van der Waals surface area (Å²) >= 11 is 0. The molecule has 0 aliphatic heterocycles. The largest absolute Gasteiger partial charge is 0.462 e. The van der Waals surface area contributed by atoms with E-state index in [1.807, 2.05) is 0 Å². The molecule has 0 N–H and O–H groups in total. The van der Waals surface area contributed by atoms with Gasteiger partial charge in [-0.25, -0.2) is 0 Å². The van der Waals surface area contributed by atoms with Crippen LogP contribution in [0.1, 0.15) is 59.3 Å². The standard InChI is InChI=1S/C17H26O4/c1-10-4-6-13-14(7-5-11(2)18)16(20)9-8-15(13)17(10)21-12(3)19/h10,13-15,17H,4-9H2,1-3H3/t10?,13?,14?,15?,17-/m0/s1. The molecule has 4 nitrogen and oxygen atoms in total. The average molecular weight is 294 g/mol. The minimum Gasteiger partial charge on any atom is -0.462 e. The third kappa shape index (κ3) is 3.72. The van der Waals surface area contributed by atoms with E-state index >= 15 is 0 Å². The van der Waals surface area contributed by atoms with Gasteiger partial charge >= 0.3 is 5.97 Å². The molecule has 0 saturated heterocycles. The highest BCUT2D eigenvalue weighted by Gasteiger charge is 2.47. The zero-order chi connectivity index (χ0) is 15.6. The van der Waals surface area contributed by atoms with Crippen LogP contribution in [0.25, 0.3) is 0 Å². The van der Waals surface area contributed by atoms with Crippen molar-refractivity contribution < 1.29 is 19.1 Å². The minimum absolute atomic E-state index is 0.0155. The van der Waals surface area contributed by atoms with Crippen LogP contribution in [0, 0.1) is 23.7 Å². The smallest absolute Gasteiger partial charge is 0.302 e. The van der Waals surface area contributed by atoms with E-state index in [4.69, 9.17) is 4.74 Å². The maximum atomic E-state index is 12.3. The van der Waals surface area contributed by atoms with Gasteiger partial charge in [-0.1, -0.05) is 6.92 Å². The van der Waals surface area contributed by atoms with E-state index in [0.717, 1.165) is 19.3 Å². The second-order valence-electron chi connectivity index (χ2n) is 6.81. The number of rotatable bonds is 4. The van der Waals surface area contributed by atoms with E-state index in [1.54, 1.807) is 6.92 Å². The van der Waals surface area contributed by atoms with Crippen molar-refractivity contribution in [1.82, 2.24) is 0 Å². The molecule has 4 heteroatoms. The van der Waals surface area contributed by atoms with E-state index in [1.165, 1.54) is 6.92 Å². The SMILES string of the molecule is CC(=O)CCC1C(=O)CCC2C1CCC(C)[C@@H]2OC(C)=O. The third-order valence-corrected chi connectivity index (χ3v) is 5.25. The maximum absolute atomic E-state index is 12.3. The van der Waals surface area contributed by atoms with E-state index in [0.29, 0.717) is 31.0 Å². The summed E-state index contributed by atoms with van der Waals surface area (Å²) in [4.78, 5) is 34.8. The van der Waals surface area contributed by atoms with Gasteiger partial charge in [-0.2, -0.15) is 0 Å². The van der Waals surface area contributed by atoms with Gasteiger partial charge in [-0.15, -0.1) is 0 Å². The molecule has 2 aliphatic carbocycles. The molecule has 21 heavy (non-hydrogen) atoms. The zero-order valence-electron chi connectivity index (χ0n) is 13.3. The van der Waals surface area contributed by atoms with Gasteiger partial charge in [0, 0.05) is 31.6 Å². The van der Waals surface area contributed by atoms with Crippen LogP contribution in [0.2, 0.25) is 0 Å². The van der Waals surface area contributed by atoms with Crippen molar-refractivity contribution in [3.63, 3.8) is 0 Å². The van der Waals surface area contributed by atoms with Crippen LogP contribution in [0.15, 0.2) is 0 Å². The fourth-order valence-corrected chi connectivity index (χ4v) is 4.24. The summed E-state index contributed by atoms with van der Waals surface area (Å²) in [6.45, 7) is 5.16. The Balaban J connectivity index is 2.13. The zero-order valence-corrected chi connectivity index (χ0v) is 13.3. The molecule has 4 unspecified atom stereocenters. The fourth-order valence-electron chi connectivity index (χ4n) is 4.24. The maximum Gasteiger partial charge on any atom is 0.302 e. The predicted octanol–water partition coefficient (Wildman–Crippen LogP) is 2.93. The molecule has 2 fully saturated rings. The lowest BCUT2D eigenvalue weighted by Crippen LogP contribution is -2.47. The Morgan fingerprint density at radius 2 is 1.86 bits per heavy atom. The van der Waals surface area contributed by atoms with Crippen molar-refractivity contribution in [2.75, 3.05) is 0 Å². The van der Waals surface area contributed by atoms with Gasteiger partial charge in [-0.05, 0) is 44.4 Å². The minimum atomic E-state index is -0.232. The van der Waals surface area contributed by atoms with E-state index in [9.17, 15) is 14.4 Å². The summed E-state index contributed by atoms with van der Waals surface area (Å²) < 4.78 is 5.56. The lowest BCUT2D eigenvalue weighted by Gasteiger charge is -2.46. The van der Waals surface area contributed by atoms with E-state index in [2.05, 4.69) is 6.92 Å². The van der Waals surface area contributed by atoms with Crippen molar-refractivity contribution in [1.29, 1.82) is 0 Å². The molecular weight excluding hydrogens is 268 g/mol. The first-order valence-electron chi connectivity index (χ1n) is 8.09. The number of hydrogen-bond acceptors (Lipinski definition) is 4. The Hall–Kier alpha value is -1.19. The number of carbonyl (C=O) groups excluding carboxylic acids is 3. The van der Waals surface area contributed by atoms with Crippen molar-refractivity contribution in [2.24, 2.45) is 23.7 Å². The van der Waals surface area contributed by atoms with Crippen molar-refractivity contribution in [2.45, 2.75) is 65.4 Å². The molecule has 2 aliphatic rings. The summed E-state index contributed by atoms with van der Waals surface area (Å²) in [5.74, 6) is 1.12. The summed E-state index contributed by atoms with van der Waals surface area (Å²) in [5.41, 5.74) is 0. The highest BCUT2D eigenvalue weighted by Crippen LogP contribution is 2.47. The molecule has 5 atom stereocenters. The molecule has 0 aromatic carbocycles. The Morgan fingerprint density at radius 3 is 2.48 bits per heavy atom. The van der Waals surface area contributed by atoms with Crippen LogP contribution in [0.4, 0.5) is 0 Å². The van der Waals surface area contributed by atoms with Gasteiger partial charge in [-0.3, -0.25) is 9.59 Å². The number of fused-ring (bicyclic) bond motifs is 1. The van der Waals surface area contributed by atoms with E-state index < -0.39 is 0 Å². The van der Waals surface area contributed by atoms with Gasteiger partial charge in [0.1, 0.15) is 17.7 Å². The summed E-state index contributed by atoms with van der Waals surface area (Å²) in [6.07, 6.45) is 4.47. The fraction of sp³-hybridized carbons (Fsp3) is 0.824. The van der Waals surface area contributed by atoms with Gasteiger partial charge in [0.2, 0.25) is 0 Å². The predicted molar refractivity (Wildman–Crippen MR) is 78.6 cm³/mol. The van der Waals surface area contributed by atoms with Gasteiger partial charge < -0.3 is 9.53 Å². The number of ether oxygens (including phenoxy) is 1. The van der Waals surface area contributed by atoms with Gasteiger partial charge in [0.05, 0.1) is 0 Å². The number of ketones is 2. The highest BCUT2D eigenvalue weighted by atomic mass is 16.5. The lowest BCUT2D eigenvalue weighted by molar-refractivity contribution is -0.161. The van der Waals surface area contributed by atoms with Crippen LogP contribution >= 0.6 is 0 Å². The molecule has 0 aromatic rings. The second-order valence-corrected chi connectivity index (χ2v) is 6.81.